The predicted octanol–water partition coefficient (Wildman–Crippen LogP) is 4.62. The third-order valence-corrected chi connectivity index (χ3v) is 8.18. The number of aromatic nitrogens is 4. The largest absolute Gasteiger partial charge is 0.377 e. The van der Waals surface area contributed by atoms with Crippen LogP contribution in [0, 0.1) is 5.82 Å². The van der Waals surface area contributed by atoms with Crippen LogP contribution in [0.15, 0.2) is 41.8 Å². The van der Waals surface area contributed by atoms with E-state index in [0.717, 1.165) is 85.1 Å². The minimum atomic E-state index is -0.249. The molecule has 2 aliphatic rings. The van der Waals surface area contributed by atoms with Gasteiger partial charge in [0.05, 0.1) is 17.5 Å². The van der Waals surface area contributed by atoms with Gasteiger partial charge in [-0.2, -0.15) is 4.52 Å². The number of hydrogen-bond donors (Lipinski definition) is 0. The normalized spacial score (nSPS) is 18.7. The molecule has 0 bridgehead atoms. The number of hydrogen-bond acceptors (Lipinski definition) is 8. The summed E-state index contributed by atoms with van der Waals surface area (Å²) < 4.78 is 21.1. The average molecular weight is 522 g/mol. The molecule has 3 aromatic heterocycles. The van der Waals surface area contributed by atoms with Crippen molar-refractivity contribution >= 4 is 33.8 Å². The Kier molecular flexibility index (Phi) is 6.79. The van der Waals surface area contributed by atoms with Crippen LogP contribution in [-0.4, -0.2) is 77.0 Å². The second-order valence-corrected chi connectivity index (χ2v) is 10.5. The lowest BCUT2D eigenvalue weighted by atomic mass is 10.2. The summed E-state index contributed by atoms with van der Waals surface area (Å²) in [4.78, 5) is 16.6. The van der Waals surface area contributed by atoms with Gasteiger partial charge in [0.1, 0.15) is 11.6 Å². The first-order chi connectivity index (χ1) is 18.1. The van der Waals surface area contributed by atoms with Crippen molar-refractivity contribution in [1.29, 1.82) is 0 Å². The first kappa shape index (κ1) is 24.3. The summed E-state index contributed by atoms with van der Waals surface area (Å²) in [5.41, 5.74) is 3.53. The number of rotatable bonds is 7. The van der Waals surface area contributed by atoms with E-state index in [4.69, 9.17) is 19.8 Å². The molecular formula is C27H32FN7OS. The summed E-state index contributed by atoms with van der Waals surface area (Å²) in [6.45, 7) is 7.97. The van der Waals surface area contributed by atoms with Crippen molar-refractivity contribution in [2.75, 3.05) is 56.2 Å². The van der Waals surface area contributed by atoms with Crippen LogP contribution in [0.5, 0.6) is 0 Å². The van der Waals surface area contributed by atoms with Gasteiger partial charge in [0.2, 0.25) is 0 Å². The summed E-state index contributed by atoms with van der Waals surface area (Å²) in [7, 11) is 2.01. The molecule has 0 amide bonds. The Morgan fingerprint density at radius 1 is 1.08 bits per heavy atom. The SMILES string of the molecule is CCc1nc2ccc(N3CCN(CC4CCCO4)CC3)nn2c1N(C)c1nc(-c2ccc(F)cc2)cs1. The van der Waals surface area contributed by atoms with Crippen molar-refractivity contribution in [2.45, 2.75) is 32.3 Å². The number of benzene rings is 1. The average Bonchev–Trinajstić information content (AvgIpc) is 3.69. The van der Waals surface area contributed by atoms with E-state index in [1.54, 1.807) is 23.5 Å². The molecule has 10 heteroatoms. The van der Waals surface area contributed by atoms with Gasteiger partial charge in [0.15, 0.2) is 16.6 Å². The highest BCUT2D eigenvalue weighted by molar-refractivity contribution is 7.14. The van der Waals surface area contributed by atoms with Gasteiger partial charge in [-0.1, -0.05) is 6.92 Å². The Labute approximate surface area is 220 Å². The molecule has 0 saturated carbocycles. The van der Waals surface area contributed by atoms with E-state index in [2.05, 4.69) is 33.8 Å². The Morgan fingerprint density at radius 3 is 2.62 bits per heavy atom. The molecule has 4 aromatic rings. The fraction of sp³-hybridized carbons (Fsp3) is 0.444. The van der Waals surface area contributed by atoms with Gasteiger partial charge in [-0.3, -0.25) is 4.90 Å². The number of thiazole rings is 1. The second-order valence-electron chi connectivity index (χ2n) is 9.70. The number of imidazole rings is 1. The van der Waals surface area contributed by atoms with Gasteiger partial charge in [0.25, 0.3) is 0 Å². The smallest absolute Gasteiger partial charge is 0.191 e. The number of piperazine rings is 1. The lowest BCUT2D eigenvalue weighted by Crippen LogP contribution is -2.48. The summed E-state index contributed by atoms with van der Waals surface area (Å²) in [5, 5.41) is 7.89. The van der Waals surface area contributed by atoms with Crippen molar-refractivity contribution in [1.82, 2.24) is 24.5 Å². The minimum absolute atomic E-state index is 0.249. The minimum Gasteiger partial charge on any atom is -0.377 e. The molecule has 1 aromatic carbocycles. The maximum absolute atomic E-state index is 13.4. The van der Waals surface area contributed by atoms with Crippen molar-refractivity contribution in [3.63, 3.8) is 0 Å². The van der Waals surface area contributed by atoms with Gasteiger partial charge in [0, 0.05) is 57.3 Å². The van der Waals surface area contributed by atoms with E-state index in [1.807, 2.05) is 16.9 Å². The van der Waals surface area contributed by atoms with Crippen LogP contribution in [0.2, 0.25) is 0 Å². The van der Waals surface area contributed by atoms with Gasteiger partial charge in [-0.25, -0.2) is 14.4 Å². The Morgan fingerprint density at radius 2 is 1.89 bits per heavy atom. The second kappa shape index (κ2) is 10.4. The highest BCUT2D eigenvalue weighted by atomic mass is 32.1. The lowest BCUT2D eigenvalue weighted by molar-refractivity contribution is 0.0712. The van der Waals surface area contributed by atoms with Crippen LogP contribution in [0.25, 0.3) is 16.9 Å². The van der Waals surface area contributed by atoms with E-state index in [1.165, 1.54) is 25.0 Å². The molecule has 1 unspecified atom stereocenters. The number of fused-ring (bicyclic) bond motifs is 1. The molecule has 194 valence electrons. The standard InChI is InChI=1S/C27H32FN7OS/c1-3-22-26(32(2)27-30-23(18-37-27)19-6-8-20(28)9-7-19)35-24(29-22)10-11-25(31-35)34-14-12-33(13-15-34)17-21-5-4-16-36-21/h6-11,18,21H,3-5,12-17H2,1-2H3. The predicted molar refractivity (Wildman–Crippen MR) is 146 cm³/mol. The molecular weight excluding hydrogens is 489 g/mol. The Balaban J connectivity index is 1.23. The number of aryl methyl sites for hydroxylation is 1. The fourth-order valence-electron chi connectivity index (χ4n) is 5.20. The Bertz CT molecular complexity index is 1360. The van der Waals surface area contributed by atoms with E-state index < -0.39 is 0 Å². The van der Waals surface area contributed by atoms with Gasteiger partial charge in [-0.15, -0.1) is 16.4 Å². The topological polar surface area (TPSA) is 62.0 Å². The third kappa shape index (κ3) is 4.93. The number of nitrogens with zero attached hydrogens (tertiary/aromatic N) is 7. The van der Waals surface area contributed by atoms with Crippen molar-refractivity contribution in [3.05, 3.63) is 53.3 Å². The zero-order chi connectivity index (χ0) is 25.4. The van der Waals surface area contributed by atoms with Gasteiger partial charge in [-0.05, 0) is 55.7 Å². The summed E-state index contributed by atoms with van der Waals surface area (Å²) in [6.07, 6.45) is 3.55. The highest BCUT2D eigenvalue weighted by Gasteiger charge is 2.25. The maximum atomic E-state index is 13.4. The first-order valence-electron chi connectivity index (χ1n) is 13.0. The molecule has 2 aliphatic heterocycles. The molecule has 2 fully saturated rings. The summed E-state index contributed by atoms with van der Waals surface area (Å²) in [6, 6.07) is 10.6. The van der Waals surface area contributed by atoms with E-state index in [-0.39, 0.29) is 5.82 Å². The van der Waals surface area contributed by atoms with E-state index in [0.29, 0.717) is 6.10 Å². The quantitative estimate of drug-likeness (QED) is 0.352. The number of anilines is 3. The molecule has 0 spiro atoms. The molecule has 2 saturated heterocycles. The molecule has 0 radical (unpaired) electrons. The van der Waals surface area contributed by atoms with E-state index >= 15 is 0 Å². The number of halogens is 1. The number of ether oxygens (including phenoxy) is 1. The maximum Gasteiger partial charge on any atom is 0.191 e. The van der Waals surface area contributed by atoms with Crippen molar-refractivity contribution in [2.24, 2.45) is 0 Å². The summed E-state index contributed by atoms with van der Waals surface area (Å²) >= 11 is 1.55. The molecule has 0 aliphatic carbocycles. The van der Waals surface area contributed by atoms with Crippen LogP contribution in [-0.2, 0) is 11.2 Å². The molecule has 0 N–H and O–H groups in total. The van der Waals surface area contributed by atoms with Crippen LogP contribution >= 0.6 is 11.3 Å². The van der Waals surface area contributed by atoms with Crippen LogP contribution < -0.4 is 9.80 Å². The fourth-order valence-corrected chi connectivity index (χ4v) is 6.00. The Hall–Kier alpha value is -3.08. The van der Waals surface area contributed by atoms with Gasteiger partial charge < -0.3 is 14.5 Å². The molecule has 5 heterocycles. The third-order valence-electron chi connectivity index (χ3n) is 7.26. The molecule has 8 nitrogen and oxygen atoms in total. The molecule has 6 rings (SSSR count). The van der Waals surface area contributed by atoms with Gasteiger partial charge >= 0.3 is 0 Å². The summed E-state index contributed by atoms with van der Waals surface area (Å²) in [5.74, 6) is 1.64. The van der Waals surface area contributed by atoms with Crippen LogP contribution in [0.1, 0.15) is 25.5 Å². The van der Waals surface area contributed by atoms with Crippen LogP contribution in [0.3, 0.4) is 0 Å². The monoisotopic (exact) mass is 521 g/mol. The molecule has 37 heavy (non-hydrogen) atoms. The van der Waals surface area contributed by atoms with Crippen LogP contribution in [0.4, 0.5) is 21.2 Å². The lowest BCUT2D eigenvalue weighted by Gasteiger charge is -2.36. The first-order valence-corrected chi connectivity index (χ1v) is 13.9. The van der Waals surface area contributed by atoms with Crippen molar-refractivity contribution in [3.8, 4) is 11.3 Å². The van der Waals surface area contributed by atoms with E-state index in [9.17, 15) is 4.39 Å². The zero-order valence-corrected chi connectivity index (χ0v) is 22.1. The zero-order valence-electron chi connectivity index (χ0n) is 21.3. The van der Waals surface area contributed by atoms with Crippen molar-refractivity contribution < 1.29 is 9.13 Å². The highest BCUT2D eigenvalue weighted by Crippen LogP contribution is 2.33. The molecule has 1 atom stereocenters.